The second kappa shape index (κ2) is 10.5. The fourth-order valence-corrected chi connectivity index (χ4v) is 3.98. The van der Waals surface area contributed by atoms with Gasteiger partial charge >= 0.3 is 0 Å². The molecule has 0 radical (unpaired) electrons. The van der Waals surface area contributed by atoms with E-state index >= 15 is 0 Å². The molecular weight excluding hydrogens is 392 g/mol. The monoisotopic (exact) mass is 418 g/mol. The van der Waals surface area contributed by atoms with E-state index in [0.717, 1.165) is 27.8 Å². The number of carbonyl (C=O) groups is 2. The molecular formula is C30H26O2. The predicted octanol–water partition coefficient (Wildman–Crippen LogP) is 6.91. The molecule has 158 valence electrons. The number of carbonyl (C=O) groups excluding carboxylic acids is 2. The fraction of sp³-hybridized carbons (Fsp3) is 0.133. The molecule has 0 saturated heterocycles. The Labute approximate surface area is 189 Å². The van der Waals surface area contributed by atoms with Gasteiger partial charge < -0.3 is 0 Å². The van der Waals surface area contributed by atoms with Crippen LogP contribution in [0.2, 0.25) is 0 Å². The zero-order valence-electron chi connectivity index (χ0n) is 18.0. The van der Waals surface area contributed by atoms with E-state index in [9.17, 15) is 9.59 Å². The van der Waals surface area contributed by atoms with E-state index in [1.54, 1.807) is 0 Å². The Morgan fingerprint density at radius 1 is 0.531 bits per heavy atom. The van der Waals surface area contributed by atoms with Gasteiger partial charge in [-0.15, -0.1) is 0 Å². The van der Waals surface area contributed by atoms with Crippen molar-refractivity contribution >= 4 is 11.6 Å². The summed E-state index contributed by atoms with van der Waals surface area (Å²) in [4.78, 5) is 25.3. The molecule has 0 aliphatic rings. The molecule has 0 spiro atoms. The molecule has 2 nitrogen and oxygen atoms in total. The summed E-state index contributed by atoms with van der Waals surface area (Å²) in [7, 11) is 0. The Kier molecular flexibility index (Phi) is 7.04. The lowest BCUT2D eigenvalue weighted by atomic mass is 9.85. The van der Waals surface area contributed by atoms with Crippen molar-refractivity contribution in [2.24, 2.45) is 0 Å². The highest BCUT2D eigenvalue weighted by atomic mass is 16.1. The standard InChI is InChI=1S/C30H26O2/c31-29(26-12-6-2-7-13-26)21-18-23-16-19-25(20-17-23)28(24-10-4-1-5-11-24)22-30(32)27-14-8-3-9-15-27/h1-17,19-20,28H,18,21-22H2. The van der Waals surface area contributed by atoms with Gasteiger partial charge in [0.25, 0.3) is 0 Å². The summed E-state index contributed by atoms with van der Waals surface area (Å²) in [6.45, 7) is 0. The molecule has 2 heteroatoms. The lowest BCUT2D eigenvalue weighted by Gasteiger charge is -2.18. The highest BCUT2D eigenvalue weighted by Crippen LogP contribution is 2.30. The molecule has 0 N–H and O–H groups in total. The second-order valence-corrected chi connectivity index (χ2v) is 7.99. The predicted molar refractivity (Wildman–Crippen MR) is 129 cm³/mol. The summed E-state index contributed by atoms with van der Waals surface area (Å²) in [5.41, 5.74) is 4.86. The van der Waals surface area contributed by atoms with Crippen LogP contribution in [0.5, 0.6) is 0 Å². The van der Waals surface area contributed by atoms with Gasteiger partial charge in [0.15, 0.2) is 11.6 Å². The molecule has 4 aromatic rings. The van der Waals surface area contributed by atoms with Gasteiger partial charge in [-0.3, -0.25) is 9.59 Å². The molecule has 0 aromatic heterocycles. The first-order chi connectivity index (χ1) is 15.7. The average molecular weight is 419 g/mol. The number of Topliss-reactive ketones (excluding diaryl/α,β-unsaturated/α-hetero) is 2. The van der Waals surface area contributed by atoms with E-state index in [2.05, 4.69) is 36.4 Å². The molecule has 4 rings (SSSR count). The summed E-state index contributed by atoms with van der Waals surface area (Å²) < 4.78 is 0. The number of rotatable bonds is 9. The molecule has 0 aliphatic heterocycles. The lowest BCUT2D eigenvalue weighted by Crippen LogP contribution is -2.09. The van der Waals surface area contributed by atoms with E-state index in [-0.39, 0.29) is 17.5 Å². The molecule has 0 fully saturated rings. The molecule has 1 unspecified atom stereocenters. The van der Waals surface area contributed by atoms with Gasteiger partial charge in [-0.1, -0.05) is 115 Å². The van der Waals surface area contributed by atoms with E-state index < -0.39 is 0 Å². The van der Waals surface area contributed by atoms with Gasteiger partial charge in [0.1, 0.15) is 0 Å². The van der Waals surface area contributed by atoms with Gasteiger partial charge in [0.05, 0.1) is 0 Å². The maximum atomic E-state index is 12.9. The van der Waals surface area contributed by atoms with Gasteiger partial charge in [-0.25, -0.2) is 0 Å². The van der Waals surface area contributed by atoms with Crippen molar-refractivity contribution in [2.45, 2.75) is 25.2 Å². The van der Waals surface area contributed by atoms with Crippen LogP contribution < -0.4 is 0 Å². The molecule has 0 heterocycles. The lowest BCUT2D eigenvalue weighted by molar-refractivity contribution is 0.0971. The zero-order chi connectivity index (χ0) is 22.2. The van der Waals surface area contributed by atoms with Crippen molar-refractivity contribution in [3.63, 3.8) is 0 Å². The number of benzene rings is 4. The van der Waals surface area contributed by atoms with Crippen LogP contribution in [0.15, 0.2) is 115 Å². The topological polar surface area (TPSA) is 34.1 Å². The quantitative estimate of drug-likeness (QED) is 0.277. The fourth-order valence-electron chi connectivity index (χ4n) is 3.98. The van der Waals surface area contributed by atoms with Gasteiger partial charge in [0, 0.05) is 29.9 Å². The van der Waals surface area contributed by atoms with E-state index in [1.807, 2.05) is 78.9 Å². The first-order valence-electron chi connectivity index (χ1n) is 11.0. The maximum Gasteiger partial charge on any atom is 0.163 e. The Hall–Kier alpha value is -3.78. The molecule has 0 saturated carbocycles. The Morgan fingerprint density at radius 3 is 1.56 bits per heavy atom. The number of hydrogen-bond acceptors (Lipinski definition) is 2. The summed E-state index contributed by atoms with van der Waals surface area (Å²) in [6, 6.07) is 37.4. The Balaban J connectivity index is 1.49. The van der Waals surface area contributed by atoms with Crippen molar-refractivity contribution < 1.29 is 9.59 Å². The molecule has 0 amide bonds. The summed E-state index contributed by atoms with van der Waals surface area (Å²) >= 11 is 0. The van der Waals surface area contributed by atoms with Crippen LogP contribution in [0.3, 0.4) is 0 Å². The SMILES string of the molecule is O=C(CCc1ccc(C(CC(=O)c2ccccc2)c2ccccc2)cc1)c1ccccc1. The van der Waals surface area contributed by atoms with Crippen LogP contribution in [-0.4, -0.2) is 11.6 Å². The Morgan fingerprint density at radius 2 is 1.00 bits per heavy atom. The van der Waals surface area contributed by atoms with Crippen LogP contribution in [0.4, 0.5) is 0 Å². The minimum atomic E-state index is -0.0103. The van der Waals surface area contributed by atoms with E-state index in [1.165, 1.54) is 0 Å². The van der Waals surface area contributed by atoms with Gasteiger partial charge in [-0.2, -0.15) is 0 Å². The highest BCUT2D eigenvalue weighted by molar-refractivity contribution is 5.97. The van der Waals surface area contributed by atoms with Gasteiger partial charge in [-0.05, 0) is 23.1 Å². The number of hydrogen-bond donors (Lipinski definition) is 0. The van der Waals surface area contributed by atoms with Gasteiger partial charge in [0.2, 0.25) is 0 Å². The smallest absolute Gasteiger partial charge is 0.163 e. The Bertz CT molecular complexity index is 1150. The third kappa shape index (κ3) is 5.47. The van der Waals surface area contributed by atoms with E-state index in [4.69, 9.17) is 0 Å². The van der Waals surface area contributed by atoms with Crippen LogP contribution in [0, 0.1) is 0 Å². The van der Waals surface area contributed by atoms with Crippen molar-refractivity contribution in [3.8, 4) is 0 Å². The van der Waals surface area contributed by atoms with Crippen LogP contribution >= 0.6 is 0 Å². The minimum Gasteiger partial charge on any atom is -0.294 e. The first kappa shape index (κ1) is 21.5. The molecule has 0 bridgehead atoms. The average Bonchev–Trinajstić information content (AvgIpc) is 2.87. The zero-order valence-corrected chi connectivity index (χ0v) is 18.0. The van der Waals surface area contributed by atoms with Crippen LogP contribution in [0.1, 0.15) is 56.2 Å². The minimum absolute atomic E-state index is 0.0103. The molecule has 0 aliphatic carbocycles. The number of ketones is 2. The van der Waals surface area contributed by atoms with Crippen LogP contribution in [-0.2, 0) is 6.42 Å². The largest absolute Gasteiger partial charge is 0.294 e. The van der Waals surface area contributed by atoms with Crippen molar-refractivity contribution in [3.05, 3.63) is 143 Å². The van der Waals surface area contributed by atoms with Crippen molar-refractivity contribution in [1.29, 1.82) is 0 Å². The third-order valence-corrected chi connectivity index (χ3v) is 5.81. The second-order valence-electron chi connectivity index (χ2n) is 7.99. The molecule has 1 atom stereocenters. The number of aryl methyl sites for hydroxylation is 1. The van der Waals surface area contributed by atoms with E-state index in [0.29, 0.717) is 19.3 Å². The van der Waals surface area contributed by atoms with Crippen LogP contribution in [0.25, 0.3) is 0 Å². The first-order valence-corrected chi connectivity index (χ1v) is 11.0. The maximum absolute atomic E-state index is 12.9. The molecule has 4 aromatic carbocycles. The highest BCUT2D eigenvalue weighted by Gasteiger charge is 2.19. The molecule has 32 heavy (non-hydrogen) atoms. The summed E-state index contributed by atoms with van der Waals surface area (Å²) in [5.74, 6) is 0.284. The summed E-state index contributed by atoms with van der Waals surface area (Å²) in [5, 5.41) is 0. The summed E-state index contributed by atoms with van der Waals surface area (Å²) in [6.07, 6.45) is 1.60. The van der Waals surface area contributed by atoms with Crippen molar-refractivity contribution in [2.75, 3.05) is 0 Å². The van der Waals surface area contributed by atoms with Crippen molar-refractivity contribution in [1.82, 2.24) is 0 Å². The third-order valence-electron chi connectivity index (χ3n) is 5.81. The normalized spacial score (nSPS) is 11.6.